The Bertz CT molecular complexity index is 550. The van der Waals surface area contributed by atoms with Gasteiger partial charge in [-0.1, -0.05) is 36.4 Å². The molecule has 0 spiro atoms. The zero-order valence-corrected chi connectivity index (χ0v) is 10.3. The fraction of sp³-hybridized carbons (Fsp3) is 0.250. The molecule has 2 N–H and O–H groups in total. The van der Waals surface area contributed by atoms with E-state index in [1.54, 1.807) is 0 Å². The van der Waals surface area contributed by atoms with Crippen molar-refractivity contribution in [2.75, 3.05) is 6.61 Å². The first-order valence-corrected chi connectivity index (χ1v) is 6.36. The van der Waals surface area contributed by atoms with Crippen molar-refractivity contribution in [1.82, 2.24) is 0 Å². The SMILES string of the molecule is NCc1cccc(OCC2Cc3ccccc32)c1. The number of nitrogens with two attached hydrogens (primary N) is 1. The standard InChI is InChI=1S/C16H17NO/c17-10-12-4-3-6-15(8-12)18-11-14-9-13-5-1-2-7-16(13)14/h1-8,14H,9-11,17H2. The molecule has 3 rings (SSSR count). The van der Waals surface area contributed by atoms with Crippen LogP contribution in [0.25, 0.3) is 0 Å². The molecule has 1 aliphatic rings. The molecule has 2 heteroatoms. The van der Waals surface area contributed by atoms with E-state index in [1.165, 1.54) is 11.1 Å². The summed E-state index contributed by atoms with van der Waals surface area (Å²) in [5.41, 5.74) is 9.63. The Labute approximate surface area is 107 Å². The van der Waals surface area contributed by atoms with Crippen LogP contribution in [0.1, 0.15) is 22.6 Å². The van der Waals surface area contributed by atoms with Crippen molar-refractivity contribution < 1.29 is 4.74 Å². The number of ether oxygens (including phenoxy) is 1. The Morgan fingerprint density at radius 3 is 2.83 bits per heavy atom. The van der Waals surface area contributed by atoms with Crippen LogP contribution in [-0.2, 0) is 13.0 Å². The second-order valence-corrected chi connectivity index (χ2v) is 4.76. The lowest BCUT2D eigenvalue weighted by Gasteiger charge is -2.29. The molecule has 18 heavy (non-hydrogen) atoms. The van der Waals surface area contributed by atoms with Crippen LogP contribution in [0.15, 0.2) is 48.5 Å². The molecule has 0 saturated carbocycles. The zero-order chi connectivity index (χ0) is 12.4. The summed E-state index contributed by atoms with van der Waals surface area (Å²) in [4.78, 5) is 0. The van der Waals surface area contributed by atoms with Gasteiger partial charge < -0.3 is 10.5 Å². The van der Waals surface area contributed by atoms with E-state index in [0.717, 1.165) is 24.3 Å². The molecule has 1 aliphatic carbocycles. The Balaban J connectivity index is 1.63. The van der Waals surface area contributed by atoms with Crippen molar-refractivity contribution in [3.05, 3.63) is 65.2 Å². The minimum atomic E-state index is 0.544. The van der Waals surface area contributed by atoms with Gasteiger partial charge >= 0.3 is 0 Å². The topological polar surface area (TPSA) is 35.2 Å². The normalized spacial score (nSPS) is 16.8. The van der Waals surface area contributed by atoms with Crippen LogP contribution in [0.3, 0.4) is 0 Å². The predicted molar refractivity (Wildman–Crippen MR) is 72.7 cm³/mol. The fourth-order valence-electron chi connectivity index (χ4n) is 2.47. The summed E-state index contributed by atoms with van der Waals surface area (Å²) in [6.07, 6.45) is 1.13. The van der Waals surface area contributed by atoms with Gasteiger partial charge in [0.15, 0.2) is 0 Å². The Kier molecular flexibility index (Phi) is 3.03. The second-order valence-electron chi connectivity index (χ2n) is 4.76. The molecule has 0 amide bonds. The molecule has 2 nitrogen and oxygen atoms in total. The Morgan fingerprint density at radius 1 is 1.11 bits per heavy atom. The van der Waals surface area contributed by atoms with Gasteiger partial charge in [-0.2, -0.15) is 0 Å². The third-order valence-electron chi connectivity index (χ3n) is 3.55. The van der Waals surface area contributed by atoms with Crippen LogP contribution < -0.4 is 10.5 Å². The minimum absolute atomic E-state index is 0.544. The van der Waals surface area contributed by atoms with E-state index in [-0.39, 0.29) is 0 Å². The first-order valence-electron chi connectivity index (χ1n) is 6.36. The fourth-order valence-corrected chi connectivity index (χ4v) is 2.47. The lowest BCUT2D eigenvalue weighted by atomic mass is 9.78. The third-order valence-corrected chi connectivity index (χ3v) is 3.55. The van der Waals surface area contributed by atoms with Gasteiger partial charge in [0.25, 0.3) is 0 Å². The highest BCUT2D eigenvalue weighted by molar-refractivity contribution is 5.40. The third kappa shape index (κ3) is 2.12. The van der Waals surface area contributed by atoms with E-state index >= 15 is 0 Å². The average molecular weight is 239 g/mol. The highest BCUT2D eigenvalue weighted by atomic mass is 16.5. The molecular formula is C16H17NO. The van der Waals surface area contributed by atoms with Gasteiger partial charge in [0.1, 0.15) is 5.75 Å². The number of fused-ring (bicyclic) bond motifs is 1. The molecule has 0 fully saturated rings. The first kappa shape index (κ1) is 11.3. The van der Waals surface area contributed by atoms with Gasteiger partial charge in [0, 0.05) is 12.5 Å². The smallest absolute Gasteiger partial charge is 0.119 e. The van der Waals surface area contributed by atoms with Crippen molar-refractivity contribution in [3.8, 4) is 5.75 Å². The molecule has 1 atom stereocenters. The van der Waals surface area contributed by atoms with Crippen LogP contribution in [0.2, 0.25) is 0 Å². The molecule has 1 unspecified atom stereocenters. The molecule has 2 aromatic carbocycles. The highest BCUT2D eigenvalue weighted by Crippen LogP contribution is 2.35. The average Bonchev–Trinajstić information content (AvgIpc) is 2.40. The Hall–Kier alpha value is -1.80. The van der Waals surface area contributed by atoms with Gasteiger partial charge in [-0.3, -0.25) is 0 Å². The summed E-state index contributed by atoms with van der Waals surface area (Å²) in [5, 5.41) is 0. The van der Waals surface area contributed by atoms with Crippen molar-refractivity contribution in [3.63, 3.8) is 0 Å². The van der Waals surface area contributed by atoms with Crippen LogP contribution >= 0.6 is 0 Å². The minimum Gasteiger partial charge on any atom is -0.493 e. The summed E-state index contributed by atoms with van der Waals surface area (Å²) in [5.74, 6) is 1.46. The lowest BCUT2D eigenvalue weighted by Crippen LogP contribution is -2.23. The molecular weight excluding hydrogens is 222 g/mol. The molecule has 0 saturated heterocycles. The van der Waals surface area contributed by atoms with Gasteiger partial charge in [-0.25, -0.2) is 0 Å². The molecule has 0 bridgehead atoms. The van der Waals surface area contributed by atoms with E-state index in [1.807, 2.05) is 24.3 Å². The Morgan fingerprint density at radius 2 is 2.00 bits per heavy atom. The van der Waals surface area contributed by atoms with Gasteiger partial charge in [0.05, 0.1) is 6.61 Å². The quantitative estimate of drug-likeness (QED) is 0.890. The van der Waals surface area contributed by atoms with Crippen LogP contribution in [0, 0.1) is 0 Å². The maximum atomic E-state index is 5.85. The van der Waals surface area contributed by atoms with Gasteiger partial charge in [-0.15, -0.1) is 0 Å². The summed E-state index contributed by atoms with van der Waals surface area (Å²) in [6, 6.07) is 16.6. The molecule has 0 aliphatic heterocycles. The molecule has 0 heterocycles. The number of hydrogen-bond acceptors (Lipinski definition) is 2. The van der Waals surface area contributed by atoms with E-state index in [2.05, 4.69) is 24.3 Å². The monoisotopic (exact) mass is 239 g/mol. The summed E-state index contributed by atoms with van der Waals surface area (Å²) in [6.45, 7) is 1.31. The predicted octanol–water partition coefficient (Wildman–Crippen LogP) is 2.86. The second kappa shape index (κ2) is 4.83. The maximum absolute atomic E-state index is 5.85. The van der Waals surface area contributed by atoms with Gasteiger partial charge in [0.2, 0.25) is 0 Å². The van der Waals surface area contributed by atoms with Crippen molar-refractivity contribution in [2.45, 2.75) is 18.9 Å². The van der Waals surface area contributed by atoms with Crippen molar-refractivity contribution in [2.24, 2.45) is 5.73 Å². The maximum Gasteiger partial charge on any atom is 0.119 e. The lowest BCUT2D eigenvalue weighted by molar-refractivity contribution is 0.275. The van der Waals surface area contributed by atoms with E-state index in [4.69, 9.17) is 10.5 Å². The summed E-state index contributed by atoms with van der Waals surface area (Å²) < 4.78 is 5.85. The van der Waals surface area contributed by atoms with E-state index in [9.17, 15) is 0 Å². The number of hydrogen-bond donors (Lipinski definition) is 1. The van der Waals surface area contributed by atoms with Crippen LogP contribution in [-0.4, -0.2) is 6.61 Å². The number of rotatable bonds is 4. The zero-order valence-electron chi connectivity index (χ0n) is 10.3. The van der Waals surface area contributed by atoms with E-state index < -0.39 is 0 Å². The molecule has 2 aromatic rings. The molecule has 0 radical (unpaired) electrons. The van der Waals surface area contributed by atoms with Crippen molar-refractivity contribution in [1.29, 1.82) is 0 Å². The largest absolute Gasteiger partial charge is 0.493 e. The molecule has 92 valence electrons. The summed E-state index contributed by atoms with van der Waals surface area (Å²) in [7, 11) is 0. The van der Waals surface area contributed by atoms with Crippen molar-refractivity contribution >= 4 is 0 Å². The van der Waals surface area contributed by atoms with Crippen LogP contribution in [0.5, 0.6) is 5.75 Å². The first-order chi connectivity index (χ1) is 8.86. The van der Waals surface area contributed by atoms with Gasteiger partial charge in [-0.05, 0) is 35.2 Å². The van der Waals surface area contributed by atoms with Crippen LogP contribution in [0.4, 0.5) is 0 Å². The molecule has 0 aromatic heterocycles. The van der Waals surface area contributed by atoms with E-state index in [0.29, 0.717) is 12.5 Å². The number of benzene rings is 2. The summed E-state index contributed by atoms with van der Waals surface area (Å²) >= 11 is 0. The highest BCUT2D eigenvalue weighted by Gasteiger charge is 2.25.